The standard InChI is InChI=1S/C19H23NO2/c1-2-15(16-8-4-3-5-9-16)14-20-19(22)13-12-17-10-6-7-11-18(17)21/h3-11,15,21H,2,12-14H2,1H3,(H,20,22). The molecule has 2 rings (SSSR count). The summed E-state index contributed by atoms with van der Waals surface area (Å²) < 4.78 is 0. The number of aromatic hydroxyl groups is 1. The first-order valence-electron chi connectivity index (χ1n) is 7.79. The van der Waals surface area contributed by atoms with Crippen molar-refractivity contribution in [2.45, 2.75) is 32.1 Å². The van der Waals surface area contributed by atoms with E-state index in [1.807, 2.05) is 30.3 Å². The number of nitrogens with one attached hydrogen (secondary N) is 1. The van der Waals surface area contributed by atoms with Gasteiger partial charge in [0.05, 0.1) is 0 Å². The number of phenolic OH excluding ortho intramolecular Hbond substituents is 1. The fourth-order valence-corrected chi connectivity index (χ4v) is 2.52. The smallest absolute Gasteiger partial charge is 0.220 e. The molecule has 0 aliphatic carbocycles. The van der Waals surface area contributed by atoms with Crippen LogP contribution >= 0.6 is 0 Å². The van der Waals surface area contributed by atoms with Gasteiger partial charge in [0.25, 0.3) is 0 Å². The lowest BCUT2D eigenvalue weighted by atomic mass is 9.96. The van der Waals surface area contributed by atoms with E-state index in [1.165, 1.54) is 5.56 Å². The first-order chi connectivity index (χ1) is 10.7. The molecule has 22 heavy (non-hydrogen) atoms. The molecule has 0 spiro atoms. The summed E-state index contributed by atoms with van der Waals surface area (Å²) in [5.74, 6) is 0.624. The summed E-state index contributed by atoms with van der Waals surface area (Å²) >= 11 is 0. The van der Waals surface area contributed by atoms with E-state index in [0.29, 0.717) is 25.3 Å². The van der Waals surface area contributed by atoms with E-state index >= 15 is 0 Å². The zero-order valence-electron chi connectivity index (χ0n) is 13.0. The minimum atomic E-state index is 0.0256. The van der Waals surface area contributed by atoms with Crippen LogP contribution in [0.1, 0.15) is 36.8 Å². The van der Waals surface area contributed by atoms with E-state index in [-0.39, 0.29) is 11.7 Å². The van der Waals surface area contributed by atoms with Crippen molar-refractivity contribution in [1.82, 2.24) is 5.32 Å². The molecular weight excluding hydrogens is 274 g/mol. The van der Waals surface area contributed by atoms with Crippen LogP contribution in [0.4, 0.5) is 0 Å². The molecule has 0 heterocycles. The third kappa shape index (κ3) is 4.62. The lowest BCUT2D eigenvalue weighted by molar-refractivity contribution is -0.121. The normalized spacial score (nSPS) is 11.9. The summed E-state index contributed by atoms with van der Waals surface area (Å²) in [6.07, 6.45) is 1.94. The Morgan fingerprint density at radius 2 is 1.77 bits per heavy atom. The lowest BCUT2D eigenvalue weighted by Crippen LogP contribution is -2.28. The second-order valence-corrected chi connectivity index (χ2v) is 5.45. The summed E-state index contributed by atoms with van der Waals surface area (Å²) in [7, 11) is 0. The Balaban J connectivity index is 1.81. The number of hydrogen-bond donors (Lipinski definition) is 2. The molecule has 0 saturated heterocycles. The molecule has 0 aliphatic heterocycles. The van der Waals surface area contributed by atoms with Crippen LogP contribution in [0.15, 0.2) is 54.6 Å². The van der Waals surface area contributed by atoms with Gasteiger partial charge in [-0.3, -0.25) is 4.79 Å². The molecule has 0 aliphatic rings. The van der Waals surface area contributed by atoms with Crippen molar-refractivity contribution in [1.29, 1.82) is 0 Å². The van der Waals surface area contributed by atoms with Crippen LogP contribution in [0.5, 0.6) is 5.75 Å². The number of rotatable bonds is 7. The summed E-state index contributed by atoms with van der Waals surface area (Å²) in [5.41, 5.74) is 2.07. The van der Waals surface area contributed by atoms with Crippen LogP contribution in [0.3, 0.4) is 0 Å². The van der Waals surface area contributed by atoms with E-state index in [9.17, 15) is 9.90 Å². The molecule has 2 N–H and O–H groups in total. The van der Waals surface area contributed by atoms with Crippen LogP contribution in [0.2, 0.25) is 0 Å². The second kappa shape index (κ2) is 8.23. The van der Waals surface area contributed by atoms with Crippen LogP contribution in [-0.2, 0) is 11.2 Å². The topological polar surface area (TPSA) is 49.3 Å². The first kappa shape index (κ1) is 16.1. The van der Waals surface area contributed by atoms with Gasteiger partial charge in [0.1, 0.15) is 5.75 Å². The molecule has 1 unspecified atom stereocenters. The number of aryl methyl sites for hydroxylation is 1. The molecule has 3 nitrogen and oxygen atoms in total. The summed E-state index contributed by atoms with van der Waals surface area (Å²) in [4.78, 5) is 12.0. The van der Waals surface area contributed by atoms with Crippen molar-refractivity contribution in [3.8, 4) is 5.75 Å². The summed E-state index contributed by atoms with van der Waals surface area (Å²) in [6.45, 7) is 2.78. The molecule has 0 saturated carbocycles. The number of benzene rings is 2. The van der Waals surface area contributed by atoms with Crippen molar-refractivity contribution in [2.75, 3.05) is 6.54 Å². The molecule has 2 aromatic carbocycles. The van der Waals surface area contributed by atoms with Crippen molar-refractivity contribution in [2.24, 2.45) is 0 Å². The van der Waals surface area contributed by atoms with Crippen molar-refractivity contribution < 1.29 is 9.90 Å². The Morgan fingerprint density at radius 1 is 1.09 bits per heavy atom. The Bertz CT molecular complexity index is 595. The maximum Gasteiger partial charge on any atom is 0.220 e. The number of carbonyl (C=O) groups excluding carboxylic acids is 1. The zero-order valence-corrected chi connectivity index (χ0v) is 13.0. The molecule has 3 heteroatoms. The van der Waals surface area contributed by atoms with E-state index < -0.39 is 0 Å². The third-order valence-corrected chi connectivity index (χ3v) is 3.92. The Kier molecular flexibility index (Phi) is 6.01. The first-order valence-corrected chi connectivity index (χ1v) is 7.79. The molecule has 0 radical (unpaired) electrons. The maximum absolute atomic E-state index is 12.0. The molecule has 1 atom stereocenters. The van der Waals surface area contributed by atoms with Gasteiger partial charge < -0.3 is 10.4 Å². The molecule has 1 amide bonds. The fourth-order valence-electron chi connectivity index (χ4n) is 2.52. The number of hydrogen-bond acceptors (Lipinski definition) is 2. The predicted molar refractivity (Wildman–Crippen MR) is 88.9 cm³/mol. The van der Waals surface area contributed by atoms with E-state index in [4.69, 9.17) is 0 Å². The van der Waals surface area contributed by atoms with Gasteiger partial charge in [-0.05, 0) is 30.0 Å². The van der Waals surface area contributed by atoms with Gasteiger partial charge >= 0.3 is 0 Å². The second-order valence-electron chi connectivity index (χ2n) is 5.45. The average molecular weight is 297 g/mol. The highest BCUT2D eigenvalue weighted by molar-refractivity contribution is 5.76. The quantitative estimate of drug-likeness (QED) is 0.820. The highest BCUT2D eigenvalue weighted by atomic mass is 16.3. The molecule has 0 fully saturated rings. The Labute approximate surface area is 132 Å². The van der Waals surface area contributed by atoms with Crippen LogP contribution in [0.25, 0.3) is 0 Å². The van der Waals surface area contributed by atoms with Crippen LogP contribution < -0.4 is 5.32 Å². The summed E-state index contributed by atoms with van der Waals surface area (Å²) in [6, 6.07) is 17.4. The largest absolute Gasteiger partial charge is 0.508 e. The van der Waals surface area contributed by atoms with Gasteiger partial charge in [0, 0.05) is 18.9 Å². The maximum atomic E-state index is 12.0. The number of para-hydroxylation sites is 1. The van der Waals surface area contributed by atoms with Crippen molar-refractivity contribution in [3.63, 3.8) is 0 Å². The number of amides is 1. The van der Waals surface area contributed by atoms with Gasteiger partial charge in [-0.15, -0.1) is 0 Å². The summed E-state index contributed by atoms with van der Waals surface area (Å²) in [5, 5.41) is 12.7. The SMILES string of the molecule is CCC(CNC(=O)CCc1ccccc1O)c1ccccc1. The van der Waals surface area contributed by atoms with Gasteiger partial charge in [0.2, 0.25) is 5.91 Å². The highest BCUT2D eigenvalue weighted by Gasteiger charge is 2.11. The van der Waals surface area contributed by atoms with Gasteiger partial charge in [-0.25, -0.2) is 0 Å². The molecule has 0 bridgehead atoms. The minimum absolute atomic E-state index is 0.0256. The monoisotopic (exact) mass is 297 g/mol. The van der Waals surface area contributed by atoms with Gasteiger partial charge in [-0.2, -0.15) is 0 Å². The number of phenols is 1. The molecule has 116 valence electrons. The van der Waals surface area contributed by atoms with Gasteiger partial charge in [-0.1, -0.05) is 55.5 Å². The van der Waals surface area contributed by atoms with E-state index in [1.54, 1.807) is 12.1 Å². The average Bonchev–Trinajstić information content (AvgIpc) is 2.55. The third-order valence-electron chi connectivity index (χ3n) is 3.92. The predicted octanol–water partition coefficient (Wildman–Crippen LogP) is 3.63. The number of carbonyl (C=O) groups is 1. The fraction of sp³-hybridized carbons (Fsp3) is 0.316. The van der Waals surface area contributed by atoms with Crippen molar-refractivity contribution in [3.05, 3.63) is 65.7 Å². The van der Waals surface area contributed by atoms with Gasteiger partial charge in [0.15, 0.2) is 0 Å². The molecule has 0 aromatic heterocycles. The van der Waals surface area contributed by atoms with Crippen molar-refractivity contribution >= 4 is 5.91 Å². The van der Waals surface area contributed by atoms with E-state index in [0.717, 1.165) is 12.0 Å². The van der Waals surface area contributed by atoms with Crippen LogP contribution in [-0.4, -0.2) is 17.6 Å². The molecular formula is C19H23NO2. The zero-order chi connectivity index (χ0) is 15.8. The van der Waals surface area contributed by atoms with E-state index in [2.05, 4.69) is 24.4 Å². The van der Waals surface area contributed by atoms with Crippen LogP contribution in [0, 0.1) is 0 Å². The lowest BCUT2D eigenvalue weighted by Gasteiger charge is -2.16. The Hall–Kier alpha value is -2.29. The molecule has 2 aromatic rings. The minimum Gasteiger partial charge on any atom is -0.508 e. The highest BCUT2D eigenvalue weighted by Crippen LogP contribution is 2.19. The Morgan fingerprint density at radius 3 is 2.45 bits per heavy atom.